The van der Waals surface area contributed by atoms with E-state index in [4.69, 9.17) is 0 Å². The summed E-state index contributed by atoms with van der Waals surface area (Å²) in [5.74, 6) is 0.342. The average Bonchev–Trinajstić information content (AvgIpc) is 2.61. The number of likely N-dealkylation sites (N-methyl/N-ethyl adjacent to an activating group) is 1. The van der Waals surface area contributed by atoms with Gasteiger partial charge in [0, 0.05) is 19.6 Å². The van der Waals surface area contributed by atoms with Crippen LogP contribution in [0.5, 0.6) is 0 Å². The lowest BCUT2D eigenvalue weighted by molar-refractivity contribution is -0.384. The molecule has 0 aliphatic carbocycles. The Morgan fingerprint density at radius 2 is 2.15 bits per heavy atom. The van der Waals surface area contributed by atoms with Crippen molar-refractivity contribution in [2.24, 2.45) is 0 Å². The number of aliphatic hydroxyl groups is 1. The zero-order chi connectivity index (χ0) is 15.5. The number of rotatable bonds is 7. The van der Waals surface area contributed by atoms with Gasteiger partial charge < -0.3 is 15.3 Å². The van der Waals surface area contributed by atoms with E-state index >= 15 is 0 Å². The molecule has 1 aromatic heterocycles. The number of nitrogens with zero attached hydrogens (tertiary/aromatic N) is 4. The molecular formula is C12H23N5O3. The molecular weight excluding hydrogens is 262 g/mol. The summed E-state index contributed by atoms with van der Waals surface area (Å²) in [4.78, 5) is 12.5. The molecule has 114 valence electrons. The molecule has 0 aromatic carbocycles. The third kappa shape index (κ3) is 3.91. The number of hydrogen-bond donors (Lipinski definition) is 2. The second-order valence-corrected chi connectivity index (χ2v) is 5.44. The van der Waals surface area contributed by atoms with E-state index in [0.717, 1.165) is 0 Å². The van der Waals surface area contributed by atoms with Gasteiger partial charge in [-0.2, -0.15) is 5.10 Å². The molecule has 2 N–H and O–H groups in total. The van der Waals surface area contributed by atoms with Crippen LogP contribution in [0, 0.1) is 17.0 Å². The minimum Gasteiger partial charge on any atom is -0.387 e. The summed E-state index contributed by atoms with van der Waals surface area (Å²) in [5, 5.41) is 28.5. The van der Waals surface area contributed by atoms with Crippen LogP contribution in [0.3, 0.4) is 0 Å². The van der Waals surface area contributed by atoms with Crippen molar-refractivity contribution in [3.8, 4) is 0 Å². The number of aromatic nitrogens is 2. The molecule has 0 saturated heterocycles. The zero-order valence-electron chi connectivity index (χ0n) is 12.7. The quantitative estimate of drug-likeness (QED) is 0.569. The van der Waals surface area contributed by atoms with E-state index in [-0.39, 0.29) is 12.2 Å². The van der Waals surface area contributed by atoms with Gasteiger partial charge in [-0.25, -0.2) is 4.68 Å². The van der Waals surface area contributed by atoms with Crippen LogP contribution in [-0.2, 0) is 6.54 Å². The second-order valence-electron chi connectivity index (χ2n) is 5.44. The maximum absolute atomic E-state index is 11.1. The van der Waals surface area contributed by atoms with Crippen molar-refractivity contribution in [2.45, 2.75) is 32.9 Å². The van der Waals surface area contributed by atoms with Gasteiger partial charge in [0.25, 0.3) is 0 Å². The molecule has 0 aliphatic heterocycles. The average molecular weight is 285 g/mol. The van der Waals surface area contributed by atoms with Crippen molar-refractivity contribution in [1.29, 1.82) is 0 Å². The maximum atomic E-state index is 11.1. The molecule has 1 atom stereocenters. The largest absolute Gasteiger partial charge is 0.387 e. The highest BCUT2D eigenvalue weighted by atomic mass is 16.6. The van der Waals surface area contributed by atoms with Gasteiger partial charge >= 0.3 is 5.69 Å². The molecule has 1 unspecified atom stereocenters. The predicted octanol–water partition coefficient (Wildman–Crippen LogP) is 0.844. The summed E-state index contributed by atoms with van der Waals surface area (Å²) in [6, 6.07) is 0. The van der Waals surface area contributed by atoms with Crippen molar-refractivity contribution in [3.63, 3.8) is 0 Å². The van der Waals surface area contributed by atoms with E-state index in [1.54, 1.807) is 18.5 Å². The lowest BCUT2D eigenvalue weighted by Crippen LogP contribution is -2.43. The van der Waals surface area contributed by atoms with Crippen molar-refractivity contribution in [1.82, 2.24) is 14.7 Å². The SMILES string of the molecule is CCn1nc(C)c([N+](=O)[O-])c1NCC(C)(O)CN(C)C. The van der Waals surface area contributed by atoms with Crippen LogP contribution in [0.15, 0.2) is 0 Å². The molecule has 1 rings (SSSR count). The fraction of sp³-hybridized carbons (Fsp3) is 0.750. The van der Waals surface area contributed by atoms with E-state index in [0.29, 0.717) is 24.6 Å². The van der Waals surface area contributed by atoms with Crippen LogP contribution in [0.2, 0.25) is 0 Å². The van der Waals surface area contributed by atoms with Crippen LogP contribution in [0.4, 0.5) is 11.5 Å². The monoisotopic (exact) mass is 285 g/mol. The molecule has 0 fully saturated rings. The topological polar surface area (TPSA) is 96.5 Å². The first-order chi connectivity index (χ1) is 9.18. The lowest BCUT2D eigenvalue weighted by Gasteiger charge is -2.27. The summed E-state index contributed by atoms with van der Waals surface area (Å²) in [7, 11) is 3.72. The number of anilines is 1. The van der Waals surface area contributed by atoms with E-state index in [9.17, 15) is 15.2 Å². The molecule has 1 heterocycles. The molecule has 0 radical (unpaired) electrons. The Balaban J connectivity index is 2.94. The minimum absolute atomic E-state index is 0.0347. The van der Waals surface area contributed by atoms with Crippen molar-refractivity contribution in [3.05, 3.63) is 15.8 Å². The minimum atomic E-state index is -0.992. The molecule has 0 amide bonds. The van der Waals surface area contributed by atoms with Gasteiger partial charge in [-0.15, -0.1) is 0 Å². The van der Waals surface area contributed by atoms with Gasteiger partial charge in [-0.1, -0.05) is 0 Å². The second kappa shape index (κ2) is 6.19. The molecule has 0 saturated carbocycles. The summed E-state index contributed by atoms with van der Waals surface area (Å²) in [6.07, 6.45) is 0. The van der Waals surface area contributed by atoms with E-state index < -0.39 is 10.5 Å². The highest BCUT2D eigenvalue weighted by molar-refractivity contribution is 5.59. The highest BCUT2D eigenvalue weighted by Gasteiger charge is 2.28. The van der Waals surface area contributed by atoms with Crippen LogP contribution in [0.25, 0.3) is 0 Å². The Morgan fingerprint density at radius 3 is 2.60 bits per heavy atom. The summed E-state index contributed by atoms with van der Waals surface area (Å²) in [6.45, 7) is 6.33. The van der Waals surface area contributed by atoms with Gasteiger partial charge in [-0.3, -0.25) is 10.1 Å². The number of hydrogen-bond acceptors (Lipinski definition) is 6. The van der Waals surface area contributed by atoms with Gasteiger partial charge in [-0.05, 0) is 34.9 Å². The van der Waals surface area contributed by atoms with Crippen LogP contribution >= 0.6 is 0 Å². The van der Waals surface area contributed by atoms with Crippen LogP contribution in [-0.4, -0.2) is 57.5 Å². The number of aryl methyl sites for hydroxylation is 2. The molecule has 20 heavy (non-hydrogen) atoms. The molecule has 0 bridgehead atoms. The summed E-state index contributed by atoms with van der Waals surface area (Å²) < 4.78 is 1.54. The third-order valence-corrected chi connectivity index (χ3v) is 2.87. The van der Waals surface area contributed by atoms with Gasteiger partial charge in [0.1, 0.15) is 5.69 Å². The van der Waals surface area contributed by atoms with E-state index in [2.05, 4.69) is 10.4 Å². The molecule has 8 heteroatoms. The van der Waals surface area contributed by atoms with Gasteiger partial charge in [0.2, 0.25) is 5.82 Å². The highest BCUT2D eigenvalue weighted by Crippen LogP contribution is 2.28. The van der Waals surface area contributed by atoms with Crippen molar-refractivity contribution in [2.75, 3.05) is 32.5 Å². The number of nitro groups is 1. The molecule has 8 nitrogen and oxygen atoms in total. The first-order valence-electron chi connectivity index (χ1n) is 6.50. The fourth-order valence-electron chi connectivity index (χ4n) is 2.21. The molecule has 0 aliphatic rings. The normalized spacial score (nSPS) is 14.3. The lowest BCUT2D eigenvalue weighted by atomic mass is 10.1. The van der Waals surface area contributed by atoms with Crippen LogP contribution < -0.4 is 5.32 Å². The fourth-order valence-corrected chi connectivity index (χ4v) is 2.21. The van der Waals surface area contributed by atoms with Crippen molar-refractivity contribution < 1.29 is 10.0 Å². The van der Waals surface area contributed by atoms with Crippen molar-refractivity contribution >= 4 is 11.5 Å². The summed E-state index contributed by atoms with van der Waals surface area (Å²) >= 11 is 0. The number of nitrogens with one attached hydrogen (secondary N) is 1. The third-order valence-electron chi connectivity index (χ3n) is 2.87. The first-order valence-corrected chi connectivity index (χ1v) is 6.50. The Labute approximate surface area is 118 Å². The summed E-state index contributed by atoms with van der Waals surface area (Å²) in [5.41, 5.74) is -0.659. The van der Waals surface area contributed by atoms with Crippen LogP contribution in [0.1, 0.15) is 19.5 Å². The standard InChI is InChI=1S/C12H23N5O3/c1-6-16-11(10(17(19)20)9(2)14-16)13-7-12(3,18)8-15(4)5/h13,18H,6-8H2,1-5H3. The predicted molar refractivity (Wildman–Crippen MR) is 77.0 cm³/mol. The van der Waals surface area contributed by atoms with Gasteiger partial charge in [0.05, 0.1) is 10.5 Å². The Kier molecular flexibility index (Phi) is 5.07. The van der Waals surface area contributed by atoms with E-state index in [1.807, 2.05) is 25.9 Å². The molecule has 0 spiro atoms. The smallest absolute Gasteiger partial charge is 0.333 e. The first kappa shape index (κ1) is 16.4. The Bertz CT molecular complexity index is 482. The maximum Gasteiger partial charge on any atom is 0.333 e. The van der Waals surface area contributed by atoms with E-state index in [1.165, 1.54) is 0 Å². The zero-order valence-corrected chi connectivity index (χ0v) is 12.7. The molecule has 1 aromatic rings. The Hall–Kier alpha value is -1.67. The van der Waals surface area contributed by atoms with Gasteiger partial charge in [0.15, 0.2) is 0 Å². The Morgan fingerprint density at radius 1 is 1.55 bits per heavy atom.